The molecule has 0 fully saturated rings. The molecule has 0 saturated heterocycles. The molecule has 0 spiro atoms. The van der Waals surface area contributed by atoms with Gasteiger partial charge in [0.25, 0.3) is 5.91 Å². The molecule has 4 nitrogen and oxygen atoms in total. The van der Waals surface area contributed by atoms with Crippen LogP contribution in [0.4, 0.5) is 5.69 Å². The van der Waals surface area contributed by atoms with Crippen LogP contribution in [-0.2, 0) is 10.8 Å². The summed E-state index contributed by atoms with van der Waals surface area (Å²) < 4.78 is 13.1. The number of nitrogens with one attached hydrogen (secondary N) is 1. The van der Waals surface area contributed by atoms with Crippen molar-refractivity contribution in [3.63, 3.8) is 0 Å². The van der Waals surface area contributed by atoms with Gasteiger partial charge < -0.3 is 11.1 Å². The van der Waals surface area contributed by atoms with E-state index in [0.717, 1.165) is 14.6 Å². The third kappa shape index (κ3) is 3.39. The van der Waals surface area contributed by atoms with Crippen molar-refractivity contribution in [2.75, 3.05) is 17.7 Å². The van der Waals surface area contributed by atoms with E-state index in [1.54, 1.807) is 6.26 Å². The van der Waals surface area contributed by atoms with Crippen LogP contribution in [0.15, 0.2) is 22.7 Å². The fraction of sp³-hybridized carbons (Fsp3) is 0.308. The highest BCUT2D eigenvalue weighted by Crippen LogP contribution is 2.35. The number of thiophene rings is 1. The number of nitrogen functional groups attached to an aromatic ring is 1. The molecule has 2 rings (SSSR count). The zero-order valence-corrected chi connectivity index (χ0v) is 14.3. The third-order valence-electron chi connectivity index (χ3n) is 2.76. The van der Waals surface area contributed by atoms with Crippen LogP contribution in [0.3, 0.4) is 0 Å². The molecule has 20 heavy (non-hydrogen) atoms. The van der Waals surface area contributed by atoms with Crippen molar-refractivity contribution in [3.05, 3.63) is 27.5 Å². The van der Waals surface area contributed by atoms with Crippen LogP contribution in [0.25, 0.3) is 10.1 Å². The Morgan fingerprint density at radius 3 is 2.90 bits per heavy atom. The monoisotopic (exact) mass is 374 g/mol. The number of nitrogens with two attached hydrogens (primary N) is 1. The maximum absolute atomic E-state index is 12.2. The number of anilines is 1. The molecule has 0 radical (unpaired) electrons. The number of fused-ring (bicyclic) bond motifs is 1. The molecule has 2 unspecified atom stereocenters. The van der Waals surface area contributed by atoms with Gasteiger partial charge in [0.15, 0.2) is 0 Å². The van der Waals surface area contributed by atoms with Gasteiger partial charge in [0.05, 0.1) is 5.69 Å². The molecule has 108 valence electrons. The van der Waals surface area contributed by atoms with Crippen molar-refractivity contribution in [1.82, 2.24) is 5.32 Å². The zero-order chi connectivity index (χ0) is 14.9. The van der Waals surface area contributed by atoms with Crippen molar-refractivity contribution >= 4 is 59.7 Å². The van der Waals surface area contributed by atoms with E-state index in [0.29, 0.717) is 16.3 Å². The van der Waals surface area contributed by atoms with E-state index in [-0.39, 0.29) is 11.9 Å². The maximum atomic E-state index is 12.2. The van der Waals surface area contributed by atoms with Crippen LogP contribution in [0, 0.1) is 0 Å². The number of amides is 1. The summed E-state index contributed by atoms with van der Waals surface area (Å²) in [5, 5.41) is 3.71. The molecule has 0 saturated carbocycles. The standard InChI is InChI=1S/C13H15BrN2O2S2/c1-7(6-20(2)18)16-13(17)12-11(15)9-4-3-8(14)5-10(9)19-12/h3-5,7H,6,15H2,1-2H3,(H,16,17). The SMILES string of the molecule is CC(CS(C)=O)NC(=O)c1sc2cc(Br)ccc2c1N. The summed E-state index contributed by atoms with van der Waals surface area (Å²) in [6, 6.07) is 5.59. The number of hydrogen-bond acceptors (Lipinski definition) is 4. The lowest BCUT2D eigenvalue weighted by atomic mass is 10.2. The molecule has 2 aromatic rings. The summed E-state index contributed by atoms with van der Waals surface area (Å²) in [6.45, 7) is 1.83. The van der Waals surface area contributed by atoms with Crippen LogP contribution >= 0.6 is 27.3 Å². The number of hydrogen-bond donors (Lipinski definition) is 2. The Morgan fingerprint density at radius 2 is 2.25 bits per heavy atom. The Kier molecular flexibility index (Phi) is 4.82. The van der Waals surface area contributed by atoms with Gasteiger partial charge in [-0.3, -0.25) is 9.00 Å². The second kappa shape index (κ2) is 6.24. The molecule has 1 amide bonds. The molecule has 7 heteroatoms. The van der Waals surface area contributed by atoms with Crippen LogP contribution in [0.5, 0.6) is 0 Å². The first-order chi connectivity index (χ1) is 9.38. The van der Waals surface area contributed by atoms with Crippen LogP contribution in [0.1, 0.15) is 16.6 Å². The summed E-state index contributed by atoms with van der Waals surface area (Å²) >= 11 is 4.77. The van der Waals surface area contributed by atoms with Crippen molar-refractivity contribution in [1.29, 1.82) is 0 Å². The van der Waals surface area contributed by atoms with Gasteiger partial charge in [-0.25, -0.2) is 0 Å². The summed E-state index contributed by atoms with van der Waals surface area (Å²) in [5.41, 5.74) is 6.54. The Labute approximate surface area is 132 Å². The Bertz CT molecular complexity index is 684. The molecule has 1 heterocycles. The lowest BCUT2D eigenvalue weighted by molar-refractivity contribution is 0.0948. The number of benzene rings is 1. The molecule has 1 aromatic carbocycles. The number of carbonyl (C=O) groups excluding carboxylic acids is 1. The van der Waals surface area contributed by atoms with Gasteiger partial charge in [-0.05, 0) is 19.1 Å². The van der Waals surface area contributed by atoms with Gasteiger partial charge in [0, 0.05) is 43.4 Å². The largest absolute Gasteiger partial charge is 0.397 e. The normalized spacial score (nSPS) is 14.2. The predicted octanol–water partition coefficient (Wildman–Crippen LogP) is 2.74. The zero-order valence-electron chi connectivity index (χ0n) is 11.1. The van der Waals surface area contributed by atoms with Crippen LogP contribution in [0.2, 0.25) is 0 Å². The Morgan fingerprint density at radius 1 is 1.55 bits per heavy atom. The molecule has 2 atom stereocenters. The average molecular weight is 375 g/mol. The van der Waals surface area contributed by atoms with Gasteiger partial charge in [-0.2, -0.15) is 0 Å². The first-order valence-electron chi connectivity index (χ1n) is 5.97. The van der Waals surface area contributed by atoms with Crippen molar-refractivity contribution < 1.29 is 9.00 Å². The van der Waals surface area contributed by atoms with Crippen molar-refractivity contribution in [3.8, 4) is 0 Å². The van der Waals surface area contributed by atoms with E-state index in [9.17, 15) is 9.00 Å². The first kappa shape index (κ1) is 15.5. The first-order valence-corrected chi connectivity index (χ1v) is 9.30. The maximum Gasteiger partial charge on any atom is 0.263 e. The molecular weight excluding hydrogens is 360 g/mol. The Hall–Kier alpha value is -0.920. The minimum atomic E-state index is -0.940. The minimum Gasteiger partial charge on any atom is -0.397 e. The van der Waals surface area contributed by atoms with E-state index < -0.39 is 10.8 Å². The van der Waals surface area contributed by atoms with E-state index in [1.165, 1.54) is 11.3 Å². The fourth-order valence-corrected chi connectivity index (χ4v) is 4.31. The highest BCUT2D eigenvalue weighted by Gasteiger charge is 2.18. The quantitative estimate of drug-likeness (QED) is 0.863. The van der Waals surface area contributed by atoms with Crippen LogP contribution in [-0.4, -0.2) is 28.2 Å². The topological polar surface area (TPSA) is 72.2 Å². The highest BCUT2D eigenvalue weighted by atomic mass is 79.9. The summed E-state index contributed by atoms with van der Waals surface area (Å²) in [5.74, 6) is 0.222. The minimum absolute atomic E-state index is 0.148. The van der Waals surface area contributed by atoms with Gasteiger partial charge in [-0.1, -0.05) is 22.0 Å². The second-order valence-electron chi connectivity index (χ2n) is 4.60. The lowest BCUT2D eigenvalue weighted by Crippen LogP contribution is -2.36. The van der Waals surface area contributed by atoms with Gasteiger partial charge in [-0.15, -0.1) is 11.3 Å². The van der Waals surface area contributed by atoms with Gasteiger partial charge >= 0.3 is 0 Å². The van der Waals surface area contributed by atoms with E-state index in [1.807, 2.05) is 25.1 Å². The fourth-order valence-electron chi connectivity index (χ4n) is 1.94. The molecule has 0 aliphatic heterocycles. The van der Waals surface area contributed by atoms with Crippen LogP contribution < -0.4 is 11.1 Å². The van der Waals surface area contributed by atoms with Gasteiger partial charge in [0.2, 0.25) is 0 Å². The molecule has 1 aromatic heterocycles. The molecule has 0 aliphatic rings. The number of rotatable bonds is 4. The molecular formula is C13H15BrN2O2S2. The van der Waals surface area contributed by atoms with Crippen molar-refractivity contribution in [2.45, 2.75) is 13.0 Å². The lowest BCUT2D eigenvalue weighted by Gasteiger charge is -2.11. The number of carbonyl (C=O) groups is 1. The second-order valence-corrected chi connectivity index (χ2v) is 8.05. The van der Waals surface area contributed by atoms with Crippen molar-refractivity contribution in [2.24, 2.45) is 0 Å². The summed E-state index contributed by atoms with van der Waals surface area (Å²) in [6.07, 6.45) is 1.62. The summed E-state index contributed by atoms with van der Waals surface area (Å²) in [4.78, 5) is 12.7. The predicted molar refractivity (Wildman–Crippen MR) is 89.8 cm³/mol. The van der Waals surface area contributed by atoms with Gasteiger partial charge in [0.1, 0.15) is 4.88 Å². The average Bonchev–Trinajstić information content (AvgIpc) is 2.65. The summed E-state index contributed by atoms with van der Waals surface area (Å²) in [7, 11) is -0.940. The smallest absolute Gasteiger partial charge is 0.263 e. The Balaban J connectivity index is 2.26. The van der Waals surface area contributed by atoms with E-state index in [4.69, 9.17) is 5.73 Å². The van der Waals surface area contributed by atoms with E-state index >= 15 is 0 Å². The molecule has 3 N–H and O–H groups in total. The number of halogens is 1. The third-order valence-corrected chi connectivity index (χ3v) is 5.39. The molecule has 0 aliphatic carbocycles. The highest BCUT2D eigenvalue weighted by molar-refractivity contribution is 9.10. The molecule has 0 bridgehead atoms. The van der Waals surface area contributed by atoms with E-state index in [2.05, 4.69) is 21.2 Å².